The zero-order valence-corrected chi connectivity index (χ0v) is 21.0. The molecule has 0 aromatic heterocycles. The molecule has 0 saturated heterocycles. The lowest BCUT2D eigenvalue weighted by molar-refractivity contribution is -0.873. The number of aliphatic carboxylic acids is 1. The highest BCUT2D eigenvalue weighted by Crippen LogP contribution is 2.45. The molecule has 0 heterocycles. The van der Waals surface area contributed by atoms with Crippen molar-refractivity contribution >= 4 is 13.8 Å². The summed E-state index contributed by atoms with van der Waals surface area (Å²) in [6.45, 7) is 3.51. The van der Waals surface area contributed by atoms with E-state index in [0.717, 1.165) is 25.0 Å². The predicted molar refractivity (Wildman–Crippen MR) is 124 cm³/mol. The van der Waals surface area contributed by atoms with Gasteiger partial charge in [0, 0.05) is 6.07 Å². The molecule has 0 radical (unpaired) electrons. The molecule has 0 bridgehead atoms. The first-order valence-corrected chi connectivity index (χ1v) is 12.5. The summed E-state index contributed by atoms with van der Waals surface area (Å²) in [6.07, 6.45) is 3.10. The fraction of sp³-hybridized carbons (Fsp3) is 0.682. The normalized spacial score (nSPS) is 14.1. The summed E-state index contributed by atoms with van der Waals surface area (Å²) < 4.78 is 34.1. The fourth-order valence-electron chi connectivity index (χ4n) is 2.93. The lowest BCUT2D eigenvalue weighted by Gasteiger charge is -2.29. The molecule has 0 spiro atoms. The SMILES string of the molecule is CCCCCOc1cccc(OCCCCOP(=O)(O)O[C@H](CC(=O)O)C[N+](C)(C)C)c1.[OH-]. The lowest BCUT2D eigenvalue weighted by Crippen LogP contribution is -2.42. The topological polar surface area (TPSA) is 142 Å². The molecule has 1 aromatic rings. The molecule has 1 aromatic carbocycles. The minimum absolute atomic E-state index is 0. The van der Waals surface area contributed by atoms with E-state index >= 15 is 0 Å². The number of carboxylic acids is 1. The van der Waals surface area contributed by atoms with Crippen molar-refractivity contribution in [2.75, 3.05) is 47.5 Å². The molecule has 0 saturated carbocycles. The number of carboxylic acid groups (broad SMARTS) is 1. The number of phosphoric ester groups is 1. The number of unbranched alkanes of at least 4 members (excludes halogenated alkanes) is 3. The Kier molecular flexibility index (Phi) is 15.2. The van der Waals surface area contributed by atoms with Gasteiger partial charge in [-0.1, -0.05) is 25.8 Å². The van der Waals surface area contributed by atoms with Gasteiger partial charge >= 0.3 is 13.8 Å². The molecule has 11 heteroatoms. The third-order valence-corrected chi connectivity index (χ3v) is 5.39. The summed E-state index contributed by atoms with van der Waals surface area (Å²) in [5.74, 6) is 0.369. The molecule has 0 aliphatic carbocycles. The lowest BCUT2D eigenvalue weighted by atomic mass is 10.2. The quantitative estimate of drug-likeness (QED) is 0.177. The van der Waals surface area contributed by atoms with E-state index in [1.54, 1.807) is 0 Å². The summed E-state index contributed by atoms with van der Waals surface area (Å²) in [5.41, 5.74) is 0. The number of carbonyl (C=O) groups is 1. The van der Waals surface area contributed by atoms with Gasteiger partial charge in [0.1, 0.15) is 24.1 Å². The molecule has 192 valence electrons. The molecule has 3 N–H and O–H groups in total. The van der Waals surface area contributed by atoms with E-state index < -0.39 is 19.9 Å². The molecular weight excluding hydrogens is 453 g/mol. The molecule has 0 aliphatic rings. The van der Waals surface area contributed by atoms with Gasteiger partial charge in [0.15, 0.2) is 0 Å². The Morgan fingerprint density at radius 1 is 1.03 bits per heavy atom. The Bertz CT molecular complexity index is 724. The van der Waals surface area contributed by atoms with Crippen LogP contribution in [0.15, 0.2) is 24.3 Å². The number of nitrogens with zero attached hydrogens (tertiary/aromatic N) is 1. The monoisotopic (exact) mass is 493 g/mol. The van der Waals surface area contributed by atoms with Gasteiger partial charge in [-0.15, -0.1) is 0 Å². The first-order chi connectivity index (χ1) is 15.0. The van der Waals surface area contributed by atoms with Crippen LogP contribution in [-0.2, 0) is 18.4 Å². The Morgan fingerprint density at radius 3 is 2.09 bits per heavy atom. The summed E-state index contributed by atoms with van der Waals surface area (Å²) >= 11 is 0. The van der Waals surface area contributed by atoms with Crippen LogP contribution in [0.1, 0.15) is 45.4 Å². The summed E-state index contributed by atoms with van der Waals surface area (Å²) in [5, 5.41) is 9.01. The van der Waals surface area contributed by atoms with Crippen molar-refractivity contribution in [3.8, 4) is 11.5 Å². The van der Waals surface area contributed by atoms with Crippen LogP contribution < -0.4 is 9.47 Å². The van der Waals surface area contributed by atoms with Crippen molar-refractivity contribution in [3.63, 3.8) is 0 Å². The first kappa shape index (κ1) is 31.3. The second-order valence-corrected chi connectivity index (χ2v) is 10.1. The molecule has 1 unspecified atom stereocenters. The van der Waals surface area contributed by atoms with Crippen LogP contribution in [0.5, 0.6) is 11.5 Å². The van der Waals surface area contributed by atoms with Gasteiger partial charge < -0.3 is 29.4 Å². The molecule has 1 rings (SSSR count). The molecule has 10 nitrogen and oxygen atoms in total. The van der Waals surface area contributed by atoms with E-state index in [-0.39, 0.29) is 25.0 Å². The highest BCUT2D eigenvalue weighted by atomic mass is 31.2. The van der Waals surface area contributed by atoms with Gasteiger partial charge in [-0.25, -0.2) is 4.57 Å². The molecule has 33 heavy (non-hydrogen) atoms. The van der Waals surface area contributed by atoms with Gasteiger partial charge in [0.2, 0.25) is 0 Å². The standard InChI is InChI=1S/C22H38NO8P.H2O/c1-5-6-7-13-28-19-11-10-12-20(16-19)29-14-8-9-15-30-32(26,27)31-21(17-22(24)25)18-23(2,3)4;/h10-12,16,21H,5-9,13-15,17-18H2,1-4H3,(H-,24,25,26,27);1H2/t21-;/m1./s1. The average Bonchev–Trinajstić information content (AvgIpc) is 2.66. The molecule has 0 aliphatic heterocycles. The van der Waals surface area contributed by atoms with E-state index in [4.69, 9.17) is 23.6 Å². The van der Waals surface area contributed by atoms with Crippen molar-refractivity contribution in [3.05, 3.63) is 24.3 Å². The largest absolute Gasteiger partial charge is 0.870 e. The van der Waals surface area contributed by atoms with Gasteiger partial charge in [0.05, 0.1) is 47.4 Å². The van der Waals surface area contributed by atoms with Crippen molar-refractivity contribution in [1.29, 1.82) is 0 Å². The van der Waals surface area contributed by atoms with Crippen LogP contribution in [-0.4, -0.2) is 79.5 Å². The van der Waals surface area contributed by atoms with E-state index in [1.165, 1.54) is 0 Å². The maximum atomic E-state index is 12.2. The minimum Gasteiger partial charge on any atom is -0.870 e. The minimum atomic E-state index is -4.35. The maximum absolute atomic E-state index is 12.2. The third-order valence-electron chi connectivity index (χ3n) is 4.32. The number of hydrogen-bond donors (Lipinski definition) is 2. The second-order valence-electron chi connectivity index (χ2n) is 8.69. The van der Waals surface area contributed by atoms with E-state index in [1.807, 2.05) is 45.4 Å². The molecule has 0 fully saturated rings. The highest BCUT2D eigenvalue weighted by molar-refractivity contribution is 7.47. The van der Waals surface area contributed by atoms with Crippen LogP contribution in [0, 0.1) is 0 Å². The fourth-order valence-corrected chi connectivity index (χ4v) is 3.87. The smallest absolute Gasteiger partial charge is 0.472 e. The van der Waals surface area contributed by atoms with Gasteiger partial charge in [-0.05, 0) is 31.4 Å². The Balaban J connectivity index is 0.0000102. The number of likely N-dealkylation sites (N-methyl/N-ethyl adjacent to an activating group) is 1. The molecular formula is C22H40NO9P. The van der Waals surface area contributed by atoms with Crippen LogP contribution in [0.3, 0.4) is 0 Å². The van der Waals surface area contributed by atoms with E-state index in [2.05, 4.69) is 6.92 Å². The number of phosphoric acid groups is 1. The Labute approximate surface area is 196 Å². The number of ether oxygens (including phenoxy) is 2. The number of benzene rings is 1. The number of rotatable bonds is 18. The summed E-state index contributed by atoms with van der Waals surface area (Å²) in [4.78, 5) is 20.9. The highest BCUT2D eigenvalue weighted by Gasteiger charge is 2.31. The predicted octanol–water partition coefficient (Wildman–Crippen LogP) is 3.92. The van der Waals surface area contributed by atoms with Crippen molar-refractivity contribution in [2.45, 2.75) is 51.6 Å². The third kappa shape index (κ3) is 16.6. The van der Waals surface area contributed by atoms with Crippen LogP contribution in [0.4, 0.5) is 0 Å². The van der Waals surface area contributed by atoms with Crippen LogP contribution >= 0.6 is 7.82 Å². The van der Waals surface area contributed by atoms with Crippen molar-refractivity contribution in [2.24, 2.45) is 0 Å². The van der Waals surface area contributed by atoms with Crippen molar-refractivity contribution < 1.29 is 47.8 Å². The zero-order chi connectivity index (χ0) is 24.0. The zero-order valence-electron chi connectivity index (χ0n) is 20.1. The van der Waals surface area contributed by atoms with Gasteiger partial charge in [-0.3, -0.25) is 13.8 Å². The first-order valence-electron chi connectivity index (χ1n) is 11.0. The number of hydrogen-bond acceptors (Lipinski definition) is 7. The van der Waals surface area contributed by atoms with Crippen LogP contribution in [0.25, 0.3) is 0 Å². The van der Waals surface area contributed by atoms with Crippen LogP contribution in [0.2, 0.25) is 0 Å². The van der Waals surface area contributed by atoms with Gasteiger partial charge in [0.25, 0.3) is 0 Å². The van der Waals surface area contributed by atoms with Crippen molar-refractivity contribution in [1.82, 2.24) is 0 Å². The average molecular weight is 494 g/mol. The van der Waals surface area contributed by atoms with E-state index in [9.17, 15) is 14.3 Å². The van der Waals surface area contributed by atoms with E-state index in [0.29, 0.717) is 36.3 Å². The second kappa shape index (κ2) is 16.0. The molecule has 0 amide bonds. The molecule has 2 atom stereocenters. The summed E-state index contributed by atoms with van der Waals surface area (Å²) in [7, 11) is 1.18. The Hall–Kier alpha value is -1.68. The maximum Gasteiger partial charge on any atom is 0.472 e. The summed E-state index contributed by atoms with van der Waals surface area (Å²) in [6, 6.07) is 7.45. The number of quaternary nitrogens is 1. The van der Waals surface area contributed by atoms with Gasteiger partial charge in [-0.2, -0.15) is 0 Å². The Morgan fingerprint density at radius 2 is 1.58 bits per heavy atom.